The molecule has 8 nitrogen and oxygen atoms in total. The minimum Gasteiger partial charge on any atom is -0.550 e. The lowest BCUT2D eigenvalue weighted by atomic mass is 10.0. The third kappa shape index (κ3) is 4.98. The number of nitrogens with one attached hydrogen (secondary N) is 1. The minimum atomic E-state index is -1.28. The summed E-state index contributed by atoms with van der Waals surface area (Å²) in [5.74, 6) is -1.04. The number of carboxylic acid groups (broad SMARTS) is 1. The highest BCUT2D eigenvalue weighted by Gasteiger charge is 2.16. The van der Waals surface area contributed by atoms with Crippen LogP contribution in [0.15, 0.2) is 59.7 Å². The Bertz CT molecular complexity index is 1080. The maximum absolute atomic E-state index is 12.5. The molecule has 29 heavy (non-hydrogen) atoms. The van der Waals surface area contributed by atoms with Crippen molar-refractivity contribution in [3.63, 3.8) is 0 Å². The highest BCUT2D eigenvalue weighted by Crippen LogP contribution is 2.20. The van der Waals surface area contributed by atoms with Gasteiger partial charge in [-0.2, -0.15) is 0 Å². The number of aryl methyl sites for hydroxylation is 1. The number of fused-ring (bicyclic) bond motifs is 1. The molecule has 0 spiro atoms. The number of carbonyl (C=O) groups is 2. The van der Waals surface area contributed by atoms with Crippen LogP contribution in [-0.4, -0.2) is 28.5 Å². The number of amides is 1. The van der Waals surface area contributed by atoms with Crippen molar-refractivity contribution in [3.05, 3.63) is 70.8 Å². The first-order valence-corrected chi connectivity index (χ1v) is 9.05. The van der Waals surface area contributed by atoms with Crippen molar-refractivity contribution in [1.29, 1.82) is 0 Å². The van der Waals surface area contributed by atoms with Gasteiger partial charge >= 0.3 is 0 Å². The molecule has 0 aliphatic rings. The zero-order valence-electron chi connectivity index (χ0n) is 15.8. The fourth-order valence-corrected chi connectivity index (χ4v) is 3.01. The fourth-order valence-electron chi connectivity index (χ4n) is 3.01. The number of aliphatic carboxylic acids is 1. The quantitative estimate of drug-likeness (QED) is 0.604. The molecule has 0 bridgehead atoms. The molecule has 1 aromatic heterocycles. The maximum atomic E-state index is 12.5. The summed E-state index contributed by atoms with van der Waals surface area (Å²) in [6.07, 6.45) is 1.04. The number of methoxy groups -OCH3 is 1. The van der Waals surface area contributed by atoms with Crippen LogP contribution in [0.5, 0.6) is 5.75 Å². The summed E-state index contributed by atoms with van der Waals surface area (Å²) in [6, 6.07) is 13.0. The SMILES string of the molecule is COc1ccc([C@@H](CC(=O)[O-])NC(=O)CCn2cnc3ccccc3c2=O)cc1. The summed E-state index contributed by atoms with van der Waals surface area (Å²) >= 11 is 0. The van der Waals surface area contributed by atoms with Crippen molar-refractivity contribution in [3.8, 4) is 5.75 Å². The summed E-state index contributed by atoms with van der Waals surface area (Å²) in [7, 11) is 1.53. The van der Waals surface area contributed by atoms with Crippen molar-refractivity contribution in [1.82, 2.24) is 14.9 Å². The molecule has 2 aromatic carbocycles. The molecule has 0 radical (unpaired) electrons. The van der Waals surface area contributed by atoms with E-state index in [1.54, 1.807) is 48.5 Å². The van der Waals surface area contributed by atoms with E-state index in [-0.39, 0.29) is 30.9 Å². The van der Waals surface area contributed by atoms with Gasteiger partial charge in [0.2, 0.25) is 5.91 Å². The van der Waals surface area contributed by atoms with Crippen LogP contribution in [0.4, 0.5) is 0 Å². The van der Waals surface area contributed by atoms with E-state index in [2.05, 4.69) is 10.3 Å². The Labute approximate surface area is 166 Å². The normalized spacial score (nSPS) is 11.8. The summed E-state index contributed by atoms with van der Waals surface area (Å²) in [6.45, 7) is 0.128. The van der Waals surface area contributed by atoms with E-state index in [1.165, 1.54) is 18.0 Å². The van der Waals surface area contributed by atoms with Gasteiger partial charge in [0.25, 0.3) is 5.56 Å². The molecule has 0 saturated carbocycles. The van der Waals surface area contributed by atoms with Crippen LogP contribution in [0.3, 0.4) is 0 Å². The third-order valence-electron chi connectivity index (χ3n) is 4.54. The summed E-state index contributed by atoms with van der Waals surface area (Å²) in [4.78, 5) is 40.2. The monoisotopic (exact) mass is 394 g/mol. The van der Waals surface area contributed by atoms with E-state index in [9.17, 15) is 19.5 Å². The number of para-hydroxylation sites is 1. The molecule has 1 amide bonds. The summed E-state index contributed by atoms with van der Waals surface area (Å²) < 4.78 is 6.45. The van der Waals surface area contributed by atoms with Gasteiger partial charge in [0.05, 0.1) is 30.4 Å². The van der Waals surface area contributed by atoms with Gasteiger partial charge < -0.3 is 20.0 Å². The molecule has 1 heterocycles. The van der Waals surface area contributed by atoms with Gasteiger partial charge in [-0.1, -0.05) is 24.3 Å². The van der Waals surface area contributed by atoms with Gasteiger partial charge in [0, 0.05) is 25.4 Å². The molecule has 0 aliphatic heterocycles. The second kappa shape index (κ2) is 9.01. The van der Waals surface area contributed by atoms with Crippen LogP contribution >= 0.6 is 0 Å². The first-order chi connectivity index (χ1) is 14.0. The van der Waals surface area contributed by atoms with Gasteiger partial charge in [-0.15, -0.1) is 0 Å². The maximum Gasteiger partial charge on any atom is 0.261 e. The minimum absolute atomic E-state index is 0.000368. The van der Waals surface area contributed by atoms with Gasteiger partial charge in [-0.3, -0.25) is 14.2 Å². The number of hydrogen-bond donors (Lipinski definition) is 1. The van der Waals surface area contributed by atoms with Crippen LogP contribution in [0.2, 0.25) is 0 Å². The van der Waals surface area contributed by atoms with Crippen LogP contribution in [0.25, 0.3) is 10.9 Å². The van der Waals surface area contributed by atoms with Gasteiger partial charge in [-0.25, -0.2) is 4.98 Å². The number of aromatic nitrogens is 2. The third-order valence-corrected chi connectivity index (χ3v) is 4.54. The molecule has 3 rings (SSSR count). The zero-order valence-corrected chi connectivity index (χ0v) is 15.8. The number of rotatable bonds is 8. The largest absolute Gasteiger partial charge is 0.550 e. The molecule has 0 unspecified atom stereocenters. The predicted octanol–water partition coefficient (Wildman–Crippen LogP) is 0.793. The molecule has 3 aromatic rings. The lowest BCUT2D eigenvalue weighted by Gasteiger charge is -2.20. The number of benzene rings is 2. The average Bonchev–Trinajstić information content (AvgIpc) is 2.73. The van der Waals surface area contributed by atoms with Gasteiger partial charge in [0.15, 0.2) is 0 Å². The number of carbonyl (C=O) groups excluding carboxylic acids is 2. The van der Waals surface area contributed by atoms with Crippen LogP contribution in [0, 0.1) is 0 Å². The second-order valence-corrected chi connectivity index (χ2v) is 6.48. The molecule has 0 saturated heterocycles. The molecule has 1 N–H and O–H groups in total. The van der Waals surface area contributed by atoms with Crippen molar-refractivity contribution in [2.24, 2.45) is 0 Å². The van der Waals surface area contributed by atoms with E-state index in [4.69, 9.17) is 4.74 Å². The average molecular weight is 394 g/mol. The number of ether oxygens (including phenoxy) is 1. The number of carboxylic acids is 1. The number of hydrogen-bond acceptors (Lipinski definition) is 6. The molecule has 150 valence electrons. The molecule has 0 aliphatic carbocycles. The smallest absolute Gasteiger partial charge is 0.261 e. The molecule has 1 atom stereocenters. The molecule has 0 fully saturated rings. The Morgan fingerprint density at radius 1 is 1.17 bits per heavy atom. The van der Waals surface area contributed by atoms with Gasteiger partial charge in [0.1, 0.15) is 5.75 Å². The van der Waals surface area contributed by atoms with Crippen molar-refractivity contribution >= 4 is 22.8 Å². The van der Waals surface area contributed by atoms with E-state index in [0.717, 1.165) is 0 Å². The highest BCUT2D eigenvalue weighted by molar-refractivity contribution is 5.78. The highest BCUT2D eigenvalue weighted by atomic mass is 16.5. The first-order valence-electron chi connectivity index (χ1n) is 9.05. The van der Waals surface area contributed by atoms with Crippen LogP contribution in [-0.2, 0) is 16.1 Å². The van der Waals surface area contributed by atoms with Gasteiger partial charge in [-0.05, 0) is 29.8 Å². The van der Waals surface area contributed by atoms with Crippen molar-refractivity contribution in [2.45, 2.75) is 25.4 Å². The Hall–Kier alpha value is -3.68. The lowest BCUT2D eigenvalue weighted by Crippen LogP contribution is -2.35. The van der Waals surface area contributed by atoms with E-state index >= 15 is 0 Å². The van der Waals surface area contributed by atoms with E-state index in [1.807, 2.05) is 0 Å². The predicted molar refractivity (Wildman–Crippen MR) is 104 cm³/mol. The fraction of sp³-hybridized carbons (Fsp3) is 0.238. The lowest BCUT2D eigenvalue weighted by molar-refractivity contribution is -0.306. The topological polar surface area (TPSA) is 113 Å². The summed E-state index contributed by atoms with van der Waals surface area (Å²) in [5, 5.41) is 14.3. The molecular weight excluding hydrogens is 374 g/mol. The summed E-state index contributed by atoms with van der Waals surface area (Å²) in [5.41, 5.74) is 0.976. The molecule has 8 heteroatoms. The standard InChI is InChI=1S/C21H21N3O5/c1-29-15-8-6-14(7-9-15)18(12-20(26)27)23-19(25)10-11-24-13-22-17-5-3-2-4-16(17)21(24)28/h2-9,13,18H,10-12H2,1H3,(H,23,25)(H,26,27)/p-1/t18-/m1/s1. The Kier molecular flexibility index (Phi) is 6.23. The Morgan fingerprint density at radius 2 is 1.90 bits per heavy atom. The first kappa shape index (κ1) is 20.1. The number of nitrogens with zero attached hydrogens (tertiary/aromatic N) is 2. The Balaban J connectivity index is 1.69. The Morgan fingerprint density at radius 3 is 2.59 bits per heavy atom. The van der Waals surface area contributed by atoms with E-state index in [0.29, 0.717) is 22.2 Å². The zero-order chi connectivity index (χ0) is 20.8. The van der Waals surface area contributed by atoms with Crippen LogP contribution in [0.1, 0.15) is 24.4 Å². The van der Waals surface area contributed by atoms with Crippen molar-refractivity contribution < 1.29 is 19.4 Å². The van der Waals surface area contributed by atoms with E-state index < -0.39 is 12.0 Å². The second-order valence-electron chi connectivity index (χ2n) is 6.48. The molecular formula is C21H20N3O5-. The van der Waals surface area contributed by atoms with Crippen molar-refractivity contribution in [2.75, 3.05) is 7.11 Å². The van der Waals surface area contributed by atoms with Crippen LogP contribution < -0.4 is 20.7 Å².